The first-order chi connectivity index (χ1) is 12.9. The van der Waals surface area contributed by atoms with Crippen molar-refractivity contribution in [2.45, 2.75) is 0 Å². The van der Waals surface area contributed by atoms with Gasteiger partial charge in [0.25, 0.3) is 5.91 Å². The third-order valence-electron chi connectivity index (χ3n) is 3.89. The molecule has 1 aliphatic rings. The number of nitrogens with zero attached hydrogens (tertiary/aromatic N) is 1. The standard InChI is InChI=1S/C18H20N2O6S/c1-24-16-5-3-4-6-17(16)26-12-18(21)19-13-7-8-15-14(11-13)20(9-10-25-15)27(2,22)23/h3-8,11H,9-10,12H2,1-2H3,(H,19,21). The van der Waals surface area contributed by atoms with Gasteiger partial charge in [-0.1, -0.05) is 12.1 Å². The molecule has 0 radical (unpaired) electrons. The highest BCUT2D eigenvalue weighted by atomic mass is 32.2. The summed E-state index contributed by atoms with van der Waals surface area (Å²) in [5, 5.41) is 2.69. The molecular formula is C18H20N2O6S. The Labute approximate surface area is 157 Å². The number of hydrogen-bond donors (Lipinski definition) is 1. The molecule has 1 amide bonds. The SMILES string of the molecule is COc1ccccc1OCC(=O)Nc1ccc2c(c1)N(S(C)(=O)=O)CCO2. The van der Waals surface area contributed by atoms with Crippen LogP contribution in [0.4, 0.5) is 11.4 Å². The summed E-state index contributed by atoms with van der Waals surface area (Å²) in [6, 6.07) is 11.8. The molecule has 0 aromatic heterocycles. The molecule has 1 N–H and O–H groups in total. The van der Waals surface area contributed by atoms with E-state index in [4.69, 9.17) is 14.2 Å². The van der Waals surface area contributed by atoms with E-state index in [1.807, 2.05) is 0 Å². The number of nitrogens with one attached hydrogen (secondary N) is 1. The minimum absolute atomic E-state index is 0.219. The van der Waals surface area contributed by atoms with Crippen LogP contribution in [-0.2, 0) is 14.8 Å². The van der Waals surface area contributed by atoms with E-state index in [0.717, 1.165) is 6.26 Å². The van der Waals surface area contributed by atoms with Gasteiger partial charge in [-0.2, -0.15) is 0 Å². The molecule has 3 rings (SSSR count). The molecule has 0 saturated carbocycles. The number of sulfonamides is 1. The molecule has 0 aliphatic carbocycles. The van der Waals surface area contributed by atoms with Gasteiger partial charge in [-0.15, -0.1) is 0 Å². The van der Waals surface area contributed by atoms with Crippen LogP contribution in [0.1, 0.15) is 0 Å². The van der Waals surface area contributed by atoms with Gasteiger partial charge in [0.1, 0.15) is 12.4 Å². The zero-order chi connectivity index (χ0) is 19.4. The molecule has 9 heteroatoms. The van der Waals surface area contributed by atoms with Gasteiger partial charge in [0, 0.05) is 5.69 Å². The average molecular weight is 392 g/mol. The Kier molecular flexibility index (Phi) is 5.41. The molecule has 144 valence electrons. The van der Waals surface area contributed by atoms with Gasteiger partial charge in [0.15, 0.2) is 18.1 Å². The normalized spacial score (nSPS) is 13.3. The molecule has 0 fully saturated rings. The number of anilines is 2. The Balaban J connectivity index is 1.70. The molecule has 0 bridgehead atoms. The fourth-order valence-electron chi connectivity index (χ4n) is 2.69. The van der Waals surface area contributed by atoms with Crippen LogP contribution < -0.4 is 23.8 Å². The van der Waals surface area contributed by atoms with E-state index in [1.54, 1.807) is 42.5 Å². The Bertz CT molecular complexity index is 945. The highest BCUT2D eigenvalue weighted by molar-refractivity contribution is 7.92. The highest BCUT2D eigenvalue weighted by Gasteiger charge is 2.25. The molecule has 2 aromatic carbocycles. The van der Waals surface area contributed by atoms with Crippen molar-refractivity contribution in [3.63, 3.8) is 0 Å². The van der Waals surface area contributed by atoms with Crippen LogP contribution in [0.2, 0.25) is 0 Å². The summed E-state index contributed by atoms with van der Waals surface area (Å²) in [5.74, 6) is 1.05. The average Bonchev–Trinajstić information content (AvgIpc) is 2.65. The fourth-order valence-corrected chi connectivity index (χ4v) is 3.60. The maximum atomic E-state index is 12.2. The number of carbonyl (C=O) groups excluding carboxylic acids is 1. The lowest BCUT2D eigenvalue weighted by Gasteiger charge is -2.29. The van der Waals surface area contributed by atoms with Crippen molar-refractivity contribution in [3.05, 3.63) is 42.5 Å². The van der Waals surface area contributed by atoms with Gasteiger partial charge in [0.2, 0.25) is 10.0 Å². The van der Waals surface area contributed by atoms with E-state index in [0.29, 0.717) is 28.6 Å². The van der Waals surface area contributed by atoms with Gasteiger partial charge in [-0.3, -0.25) is 9.10 Å². The molecule has 2 aromatic rings. The van der Waals surface area contributed by atoms with Gasteiger partial charge in [-0.25, -0.2) is 8.42 Å². The Morgan fingerprint density at radius 3 is 2.67 bits per heavy atom. The third-order valence-corrected chi connectivity index (χ3v) is 5.07. The number of para-hydroxylation sites is 2. The summed E-state index contributed by atoms with van der Waals surface area (Å²) in [4.78, 5) is 12.2. The fraction of sp³-hybridized carbons (Fsp3) is 0.278. The van der Waals surface area contributed by atoms with E-state index < -0.39 is 10.0 Å². The second-order valence-corrected chi connectivity index (χ2v) is 7.76. The number of amides is 1. The molecule has 1 aliphatic heterocycles. The lowest BCUT2D eigenvalue weighted by Crippen LogP contribution is -2.37. The van der Waals surface area contributed by atoms with Gasteiger partial charge >= 0.3 is 0 Å². The van der Waals surface area contributed by atoms with Crippen molar-refractivity contribution in [1.29, 1.82) is 0 Å². The Hall–Kier alpha value is -2.94. The molecule has 0 atom stereocenters. The first-order valence-electron chi connectivity index (χ1n) is 8.19. The lowest BCUT2D eigenvalue weighted by molar-refractivity contribution is -0.118. The number of ether oxygens (including phenoxy) is 3. The lowest BCUT2D eigenvalue weighted by atomic mass is 10.2. The van der Waals surface area contributed by atoms with Crippen LogP contribution in [0.5, 0.6) is 17.2 Å². The van der Waals surface area contributed by atoms with Crippen molar-refractivity contribution in [3.8, 4) is 17.2 Å². The van der Waals surface area contributed by atoms with Crippen molar-refractivity contribution in [1.82, 2.24) is 0 Å². The van der Waals surface area contributed by atoms with E-state index in [1.165, 1.54) is 11.4 Å². The topological polar surface area (TPSA) is 94.2 Å². The zero-order valence-corrected chi connectivity index (χ0v) is 15.8. The van der Waals surface area contributed by atoms with Crippen LogP contribution in [0.15, 0.2) is 42.5 Å². The monoisotopic (exact) mass is 392 g/mol. The van der Waals surface area contributed by atoms with Gasteiger partial charge in [0.05, 0.1) is 25.6 Å². The number of methoxy groups -OCH3 is 1. The molecule has 8 nitrogen and oxygen atoms in total. The number of hydrogen-bond acceptors (Lipinski definition) is 6. The van der Waals surface area contributed by atoms with Crippen LogP contribution in [-0.4, -0.2) is 47.4 Å². The summed E-state index contributed by atoms with van der Waals surface area (Å²) < 4.78 is 41.3. The van der Waals surface area contributed by atoms with Crippen LogP contribution in [0.25, 0.3) is 0 Å². The van der Waals surface area contributed by atoms with E-state index >= 15 is 0 Å². The second-order valence-electron chi connectivity index (χ2n) is 5.85. The smallest absolute Gasteiger partial charge is 0.262 e. The molecule has 0 saturated heterocycles. The minimum atomic E-state index is -3.44. The summed E-state index contributed by atoms with van der Waals surface area (Å²) in [5.41, 5.74) is 0.841. The van der Waals surface area contributed by atoms with E-state index in [-0.39, 0.29) is 25.7 Å². The predicted octanol–water partition coefficient (Wildman–Crippen LogP) is 1.87. The minimum Gasteiger partial charge on any atom is -0.493 e. The van der Waals surface area contributed by atoms with Gasteiger partial charge < -0.3 is 19.5 Å². The van der Waals surface area contributed by atoms with Crippen molar-refractivity contribution < 1.29 is 27.4 Å². The first kappa shape index (κ1) is 18.8. The number of carbonyl (C=O) groups is 1. The molecule has 0 spiro atoms. The molecule has 27 heavy (non-hydrogen) atoms. The summed E-state index contributed by atoms with van der Waals surface area (Å²) in [7, 11) is -1.92. The van der Waals surface area contributed by atoms with Crippen LogP contribution in [0.3, 0.4) is 0 Å². The quantitative estimate of drug-likeness (QED) is 0.807. The zero-order valence-electron chi connectivity index (χ0n) is 15.0. The molecule has 0 unspecified atom stereocenters. The Morgan fingerprint density at radius 1 is 1.22 bits per heavy atom. The van der Waals surface area contributed by atoms with E-state index in [9.17, 15) is 13.2 Å². The largest absolute Gasteiger partial charge is 0.493 e. The summed E-state index contributed by atoms with van der Waals surface area (Å²) >= 11 is 0. The van der Waals surface area contributed by atoms with Crippen molar-refractivity contribution in [2.24, 2.45) is 0 Å². The maximum absolute atomic E-state index is 12.2. The van der Waals surface area contributed by atoms with Crippen LogP contribution >= 0.6 is 0 Å². The van der Waals surface area contributed by atoms with Crippen molar-refractivity contribution >= 4 is 27.3 Å². The third kappa shape index (κ3) is 4.43. The number of benzene rings is 2. The highest BCUT2D eigenvalue weighted by Crippen LogP contribution is 2.35. The summed E-state index contributed by atoms with van der Waals surface area (Å²) in [6.07, 6.45) is 1.13. The van der Waals surface area contributed by atoms with Crippen LogP contribution in [0, 0.1) is 0 Å². The van der Waals surface area contributed by atoms with E-state index in [2.05, 4.69) is 5.32 Å². The number of rotatable bonds is 6. The Morgan fingerprint density at radius 2 is 1.96 bits per heavy atom. The predicted molar refractivity (Wildman–Crippen MR) is 101 cm³/mol. The molecular weight excluding hydrogens is 372 g/mol. The number of fused-ring (bicyclic) bond motifs is 1. The second kappa shape index (κ2) is 7.75. The van der Waals surface area contributed by atoms with Gasteiger partial charge in [-0.05, 0) is 30.3 Å². The first-order valence-corrected chi connectivity index (χ1v) is 10.0. The maximum Gasteiger partial charge on any atom is 0.262 e. The van der Waals surface area contributed by atoms with Crippen molar-refractivity contribution in [2.75, 3.05) is 42.7 Å². The summed E-state index contributed by atoms with van der Waals surface area (Å²) in [6.45, 7) is 0.280. The molecule has 1 heterocycles.